The van der Waals surface area contributed by atoms with E-state index in [9.17, 15) is 9.59 Å². The normalized spacial score (nSPS) is 10.1. The summed E-state index contributed by atoms with van der Waals surface area (Å²) in [5.74, 6) is -0.129. The molecule has 6 heteroatoms. The highest BCUT2D eigenvalue weighted by Crippen LogP contribution is 2.12. The Morgan fingerprint density at radius 2 is 2.10 bits per heavy atom. The number of carbonyl (C=O) groups is 2. The van der Waals surface area contributed by atoms with Crippen molar-refractivity contribution in [1.82, 2.24) is 5.32 Å². The van der Waals surface area contributed by atoms with E-state index in [2.05, 4.69) is 33.2 Å². The molecule has 1 aromatic heterocycles. The molecule has 0 saturated heterocycles. The number of halogens is 1. The van der Waals surface area contributed by atoms with Gasteiger partial charge in [0.05, 0.1) is 0 Å². The standard InChI is InChI=1S/C15H15IN2O2S/c16-12-3-1-4-13(9-12)18-14(19)5-2-7-17-15(20)11-6-8-21-10-11/h1,3-4,6,8-10H,2,5,7H2,(H,17,20)(H,18,19). The topological polar surface area (TPSA) is 58.2 Å². The maximum absolute atomic E-state index is 11.8. The van der Waals surface area contributed by atoms with Crippen molar-refractivity contribution < 1.29 is 9.59 Å². The predicted octanol–water partition coefficient (Wildman–Crippen LogP) is 3.50. The molecule has 0 saturated carbocycles. The second kappa shape index (κ2) is 8.14. The molecule has 2 amide bonds. The molecule has 1 aromatic carbocycles. The Balaban J connectivity index is 1.67. The van der Waals surface area contributed by atoms with Gasteiger partial charge in [-0.3, -0.25) is 9.59 Å². The van der Waals surface area contributed by atoms with Gasteiger partial charge in [-0.2, -0.15) is 11.3 Å². The molecular weight excluding hydrogens is 399 g/mol. The van der Waals surface area contributed by atoms with Crippen molar-refractivity contribution in [3.63, 3.8) is 0 Å². The van der Waals surface area contributed by atoms with Gasteiger partial charge in [0.2, 0.25) is 5.91 Å². The minimum atomic E-state index is -0.0886. The van der Waals surface area contributed by atoms with E-state index < -0.39 is 0 Å². The van der Waals surface area contributed by atoms with Gasteiger partial charge in [0.15, 0.2) is 0 Å². The Morgan fingerprint density at radius 1 is 1.24 bits per heavy atom. The van der Waals surface area contributed by atoms with Crippen LogP contribution in [-0.2, 0) is 4.79 Å². The molecule has 0 aliphatic rings. The molecule has 2 N–H and O–H groups in total. The predicted molar refractivity (Wildman–Crippen MR) is 93.7 cm³/mol. The monoisotopic (exact) mass is 414 g/mol. The van der Waals surface area contributed by atoms with Crippen LogP contribution < -0.4 is 10.6 Å². The largest absolute Gasteiger partial charge is 0.352 e. The maximum Gasteiger partial charge on any atom is 0.252 e. The van der Waals surface area contributed by atoms with E-state index >= 15 is 0 Å². The first kappa shape index (κ1) is 16.0. The summed E-state index contributed by atoms with van der Waals surface area (Å²) < 4.78 is 1.08. The van der Waals surface area contributed by atoms with Crippen LogP contribution in [0.4, 0.5) is 5.69 Å². The van der Waals surface area contributed by atoms with Crippen LogP contribution in [0.1, 0.15) is 23.2 Å². The van der Waals surface area contributed by atoms with Crippen LogP contribution in [0.3, 0.4) is 0 Å². The van der Waals surface area contributed by atoms with E-state index in [1.165, 1.54) is 11.3 Å². The smallest absolute Gasteiger partial charge is 0.252 e. The number of carbonyl (C=O) groups excluding carboxylic acids is 2. The van der Waals surface area contributed by atoms with Gasteiger partial charge in [0.25, 0.3) is 5.91 Å². The molecule has 2 rings (SSSR count). The average molecular weight is 414 g/mol. The Hall–Kier alpha value is -1.41. The fourth-order valence-corrected chi connectivity index (χ4v) is 2.92. The SMILES string of the molecule is O=C(CCCNC(=O)c1ccsc1)Nc1cccc(I)c1. The van der Waals surface area contributed by atoms with E-state index in [1.807, 2.05) is 29.6 Å². The second-order valence-electron chi connectivity index (χ2n) is 4.43. The number of thiophene rings is 1. The Labute approximate surface area is 141 Å². The number of anilines is 1. The zero-order valence-corrected chi connectivity index (χ0v) is 14.2. The quantitative estimate of drug-likeness (QED) is 0.562. The van der Waals surface area contributed by atoms with Crippen molar-refractivity contribution in [2.45, 2.75) is 12.8 Å². The summed E-state index contributed by atoms with van der Waals surface area (Å²) in [6.07, 6.45) is 1.00. The molecule has 0 bridgehead atoms. The van der Waals surface area contributed by atoms with Crippen LogP contribution in [0, 0.1) is 3.57 Å². The highest BCUT2D eigenvalue weighted by atomic mass is 127. The van der Waals surface area contributed by atoms with Crippen molar-refractivity contribution in [2.24, 2.45) is 0 Å². The molecule has 0 atom stereocenters. The molecule has 0 fully saturated rings. The maximum atomic E-state index is 11.8. The van der Waals surface area contributed by atoms with Crippen LogP contribution in [0.2, 0.25) is 0 Å². The van der Waals surface area contributed by atoms with Crippen molar-refractivity contribution in [2.75, 3.05) is 11.9 Å². The van der Waals surface area contributed by atoms with Gasteiger partial charge < -0.3 is 10.6 Å². The van der Waals surface area contributed by atoms with Crippen molar-refractivity contribution in [3.8, 4) is 0 Å². The van der Waals surface area contributed by atoms with Crippen LogP contribution in [0.15, 0.2) is 41.1 Å². The number of hydrogen-bond donors (Lipinski definition) is 2. The lowest BCUT2D eigenvalue weighted by Gasteiger charge is -2.06. The Bertz CT molecular complexity index is 614. The summed E-state index contributed by atoms with van der Waals surface area (Å²) in [5, 5.41) is 9.31. The first-order valence-electron chi connectivity index (χ1n) is 6.51. The third-order valence-corrected chi connectivity index (χ3v) is 4.11. The third-order valence-electron chi connectivity index (χ3n) is 2.76. The molecule has 0 aliphatic heterocycles. The first-order chi connectivity index (χ1) is 10.1. The summed E-state index contributed by atoms with van der Waals surface area (Å²) in [6, 6.07) is 9.42. The van der Waals surface area contributed by atoms with Gasteiger partial charge in [-0.1, -0.05) is 6.07 Å². The lowest BCUT2D eigenvalue weighted by atomic mass is 10.2. The second-order valence-corrected chi connectivity index (χ2v) is 6.46. The van der Waals surface area contributed by atoms with Crippen LogP contribution >= 0.6 is 33.9 Å². The minimum absolute atomic E-state index is 0.0400. The van der Waals surface area contributed by atoms with Gasteiger partial charge in [-0.15, -0.1) is 0 Å². The van der Waals surface area contributed by atoms with E-state index in [-0.39, 0.29) is 11.8 Å². The summed E-state index contributed by atoms with van der Waals surface area (Å²) in [7, 11) is 0. The van der Waals surface area contributed by atoms with Crippen molar-refractivity contribution >= 4 is 51.4 Å². The molecule has 1 heterocycles. The summed E-state index contributed by atoms with van der Waals surface area (Å²) >= 11 is 3.69. The molecule has 2 aromatic rings. The third kappa shape index (κ3) is 5.47. The van der Waals surface area contributed by atoms with E-state index in [4.69, 9.17) is 0 Å². The fourth-order valence-electron chi connectivity index (χ4n) is 1.74. The highest BCUT2D eigenvalue weighted by Gasteiger charge is 2.06. The molecule has 110 valence electrons. The van der Waals surface area contributed by atoms with Gasteiger partial charge in [-0.25, -0.2) is 0 Å². The van der Waals surface area contributed by atoms with Gasteiger partial charge in [0.1, 0.15) is 0 Å². The number of rotatable bonds is 6. The van der Waals surface area contributed by atoms with Gasteiger partial charge in [0, 0.05) is 33.2 Å². The zero-order valence-electron chi connectivity index (χ0n) is 11.3. The van der Waals surface area contributed by atoms with E-state index in [0.717, 1.165) is 9.26 Å². The lowest BCUT2D eigenvalue weighted by molar-refractivity contribution is -0.116. The molecule has 0 unspecified atom stereocenters. The molecule has 21 heavy (non-hydrogen) atoms. The van der Waals surface area contributed by atoms with Gasteiger partial charge in [-0.05, 0) is 58.7 Å². The van der Waals surface area contributed by atoms with Crippen LogP contribution in [-0.4, -0.2) is 18.4 Å². The number of hydrogen-bond acceptors (Lipinski definition) is 3. The Morgan fingerprint density at radius 3 is 2.81 bits per heavy atom. The first-order valence-corrected chi connectivity index (χ1v) is 8.53. The molecule has 4 nitrogen and oxygen atoms in total. The summed E-state index contributed by atoms with van der Waals surface area (Å²) in [6.45, 7) is 0.494. The average Bonchev–Trinajstić information content (AvgIpc) is 2.97. The minimum Gasteiger partial charge on any atom is -0.352 e. The molecule has 0 aliphatic carbocycles. The zero-order chi connectivity index (χ0) is 15.1. The number of amides is 2. The van der Waals surface area contributed by atoms with E-state index in [0.29, 0.717) is 24.9 Å². The number of benzene rings is 1. The summed E-state index contributed by atoms with van der Waals surface area (Å²) in [4.78, 5) is 23.4. The van der Waals surface area contributed by atoms with Crippen LogP contribution in [0.25, 0.3) is 0 Å². The molecule has 0 spiro atoms. The van der Waals surface area contributed by atoms with Crippen LogP contribution in [0.5, 0.6) is 0 Å². The number of nitrogens with one attached hydrogen (secondary N) is 2. The summed E-state index contributed by atoms with van der Waals surface area (Å²) in [5.41, 5.74) is 1.47. The Kier molecular flexibility index (Phi) is 6.19. The van der Waals surface area contributed by atoms with Crippen molar-refractivity contribution in [1.29, 1.82) is 0 Å². The van der Waals surface area contributed by atoms with E-state index in [1.54, 1.807) is 11.4 Å². The van der Waals surface area contributed by atoms with Crippen molar-refractivity contribution in [3.05, 3.63) is 50.2 Å². The molecule has 0 radical (unpaired) electrons. The highest BCUT2D eigenvalue weighted by molar-refractivity contribution is 14.1. The van der Waals surface area contributed by atoms with Gasteiger partial charge >= 0.3 is 0 Å². The lowest BCUT2D eigenvalue weighted by Crippen LogP contribution is -2.25. The molecular formula is C15H15IN2O2S. The fraction of sp³-hybridized carbons (Fsp3) is 0.200.